The lowest BCUT2D eigenvalue weighted by Crippen LogP contribution is -2.23. The van der Waals surface area contributed by atoms with Crippen LogP contribution in [0.4, 0.5) is 23.2 Å². The summed E-state index contributed by atoms with van der Waals surface area (Å²) in [5, 5.41) is 2.01. The number of hydrogen-bond donors (Lipinski definition) is 2. The van der Waals surface area contributed by atoms with E-state index < -0.39 is 40.1 Å². The number of carbonyl (C=O) groups excluding carboxylic acids is 1. The quantitative estimate of drug-likeness (QED) is 0.688. The molecule has 0 aliphatic rings. The summed E-state index contributed by atoms with van der Waals surface area (Å²) in [7, 11) is 0. The number of amides is 1. The van der Waals surface area contributed by atoms with Crippen LogP contribution in [0.2, 0.25) is 0 Å². The van der Waals surface area contributed by atoms with Crippen molar-refractivity contribution in [2.75, 3.05) is 5.32 Å². The Morgan fingerprint density at radius 2 is 1.76 bits per heavy atom. The molecule has 0 bridgehead atoms. The largest absolute Gasteiger partial charge is 0.418 e. The molecule has 3 rings (SSSR count). The van der Waals surface area contributed by atoms with Gasteiger partial charge in [0.15, 0.2) is 0 Å². The Balaban J connectivity index is 2.03. The molecule has 2 aromatic carbocycles. The van der Waals surface area contributed by atoms with Crippen LogP contribution in [0.1, 0.15) is 15.9 Å². The number of pyridine rings is 1. The van der Waals surface area contributed by atoms with Crippen LogP contribution in [0.5, 0.6) is 0 Å². The lowest BCUT2D eigenvalue weighted by molar-refractivity contribution is -0.136. The van der Waals surface area contributed by atoms with Gasteiger partial charge in [-0.2, -0.15) is 13.2 Å². The fourth-order valence-corrected chi connectivity index (χ4v) is 2.41. The van der Waals surface area contributed by atoms with E-state index in [4.69, 9.17) is 0 Å². The number of fused-ring (bicyclic) bond motifs is 1. The zero-order valence-electron chi connectivity index (χ0n) is 12.4. The third-order valence-corrected chi connectivity index (χ3v) is 3.59. The molecule has 0 aliphatic carbocycles. The second kappa shape index (κ2) is 6.04. The number of aromatic amines is 1. The standard InChI is InChI=1S/C17H10F4N2O2/c18-12-6-3-4-9-14(12)22-8-10(15(9)24)16(25)23-13-7-2-1-5-11(13)17(19,20)21/h1-8H,(H,22,24)(H,23,25). The highest BCUT2D eigenvalue weighted by atomic mass is 19.4. The van der Waals surface area contributed by atoms with Crippen molar-refractivity contribution in [2.24, 2.45) is 0 Å². The summed E-state index contributed by atoms with van der Waals surface area (Å²) in [6.45, 7) is 0. The smallest absolute Gasteiger partial charge is 0.358 e. The molecule has 128 valence electrons. The fourth-order valence-electron chi connectivity index (χ4n) is 2.41. The van der Waals surface area contributed by atoms with Crippen molar-refractivity contribution in [3.05, 3.63) is 75.8 Å². The number of H-pyrrole nitrogens is 1. The summed E-state index contributed by atoms with van der Waals surface area (Å²) in [5.74, 6) is -1.70. The predicted octanol–water partition coefficient (Wildman–Crippen LogP) is 3.94. The molecule has 4 nitrogen and oxygen atoms in total. The van der Waals surface area contributed by atoms with Crippen molar-refractivity contribution in [3.8, 4) is 0 Å². The van der Waals surface area contributed by atoms with Crippen LogP contribution in [0.15, 0.2) is 53.5 Å². The number of alkyl halides is 3. The van der Waals surface area contributed by atoms with E-state index in [9.17, 15) is 27.2 Å². The molecule has 2 N–H and O–H groups in total. The number of carbonyl (C=O) groups is 1. The van der Waals surface area contributed by atoms with Crippen molar-refractivity contribution >= 4 is 22.5 Å². The number of aromatic nitrogens is 1. The van der Waals surface area contributed by atoms with E-state index in [2.05, 4.69) is 10.3 Å². The third kappa shape index (κ3) is 3.10. The molecule has 1 aromatic heterocycles. The maximum Gasteiger partial charge on any atom is 0.418 e. The topological polar surface area (TPSA) is 62.0 Å². The van der Waals surface area contributed by atoms with Gasteiger partial charge in [0.2, 0.25) is 5.43 Å². The Morgan fingerprint density at radius 3 is 2.48 bits per heavy atom. The van der Waals surface area contributed by atoms with Crippen LogP contribution < -0.4 is 10.7 Å². The van der Waals surface area contributed by atoms with Gasteiger partial charge in [-0.3, -0.25) is 9.59 Å². The number of hydrogen-bond acceptors (Lipinski definition) is 2. The van der Waals surface area contributed by atoms with E-state index in [0.29, 0.717) is 0 Å². The minimum atomic E-state index is -4.66. The minimum Gasteiger partial charge on any atom is -0.358 e. The molecule has 1 heterocycles. The molecule has 0 aliphatic heterocycles. The molecule has 25 heavy (non-hydrogen) atoms. The molecule has 0 saturated heterocycles. The fraction of sp³-hybridized carbons (Fsp3) is 0.0588. The Hall–Kier alpha value is -3.16. The van der Waals surface area contributed by atoms with E-state index in [1.807, 2.05) is 0 Å². The molecule has 0 fully saturated rings. The van der Waals surface area contributed by atoms with E-state index >= 15 is 0 Å². The first kappa shape index (κ1) is 16.7. The van der Waals surface area contributed by atoms with Crippen LogP contribution >= 0.6 is 0 Å². The zero-order valence-corrected chi connectivity index (χ0v) is 12.4. The molecular formula is C17H10F4N2O2. The van der Waals surface area contributed by atoms with E-state index in [0.717, 1.165) is 24.4 Å². The van der Waals surface area contributed by atoms with E-state index in [1.54, 1.807) is 0 Å². The average molecular weight is 350 g/mol. The molecular weight excluding hydrogens is 340 g/mol. The second-order valence-corrected chi connectivity index (χ2v) is 5.19. The first-order valence-corrected chi connectivity index (χ1v) is 7.06. The van der Waals surface area contributed by atoms with Gasteiger partial charge >= 0.3 is 6.18 Å². The van der Waals surface area contributed by atoms with Gasteiger partial charge in [-0.1, -0.05) is 18.2 Å². The SMILES string of the molecule is O=C(Nc1ccccc1C(F)(F)F)c1c[nH]c2c(F)cccc2c1=O. The average Bonchev–Trinajstić information content (AvgIpc) is 2.55. The molecule has 0 saturated carbocycles. The summed E-state index contributed by atoms with van der Waals surface area (Å²) < 4.78 is 52.6. The summed E-state index contributed by atoms with van der Waals surface area (Å²) in [6.07, 6.45) is -3.69. The molecule has 0 unspecified atom stereocenters. The zero-order chi connectivity index (χ0) is 18.2. The number of anilines is 1. The minimum absolute atomic E-state index is 0.0724. The Morgan fingerprint density at radius 1 is 1.04 bits per heavy atom. The molecule has 3 aromatic rings. The van der Waals surface area contributed by atoms with Crippen molar-refractivity contribution in [1.82, 2.24) is 4.98 Å². The number of benzene rings is 2. The van der Waals surface area contributed by atoms with Crippen molar-refractivity contribution in [2.45, 2.75) is 6.18 Å². The molecule has 1 amide bonds. The number of halogens is 4. The summed E-state index contributed by atoms with van der Waals surface area (Å²) in [4.78, 5) is 27.1. The normalized spacial score (nSPS) is 11.5. The predicted molar refractivity (Wildman–Crippen MR) is 83.9 cm³/mol. The van der Waals surface area contributed by atoms with Gasteiger partial charge in [-0.15, -0.1) is 0 Å². The van der Waals surface area contributed by atoms with Crippen LogP contribution in [0, 0.1) is 5.82 Å². The molecule has 0 radical (unpaired) electrons. The highest BCUT2D eigenvalue weighted by molar-refractivity contribution is 6.06. The Labute approximate surface area is 138 Å². The highest BCUT2D eigenvalue weighted by Crippen LogP contribution is 2.34. The van der Waals surface area contributed by atoms with Crippen LogP contribution in [0.25, 0.3) is 10.9 Å². The summed E-state index contributed by atoms with van der Waals surface area (Å²) >= 11 is 0. The summed E-state index contributed by atoms with van der Waals surface area (Å²) in [6, 6.07) is 8.16. The van der Waals surface area contributed by atoms with Gasteiger partial charge in [0.05, 0.1) is 16.8 Å². The molecule has 0 atom stereocenters. The van der Waals surface area contributed by atoms with Gasteiger partial charge in [0.1, 0.15) is 11.4 Å². The Bertz CT molecular complexity index is 1030. The van der Waals surface area contributed by atoms with Gasteiger partial charge in [0, 0.05) is 11.6 Å². The van der Waals surface area contributed by atoms with Gasteiger partial charge < -0.3 is 10.3 Å². The highest BCUT2D eigenvalue weighted by Gasteiger charge is 2.33. The van der Waals surface area contributed by atoms with Gasteiger partial charge in [-0.25, -0.2) is 4.39 Å². The molecule has 8 heteroatoms. The van der Waals surface area contributed by atoms with Crippen molar-refractivity contribution < 1.29 is 22.4 Å². The Kier molecular flexibility index (Phi) is 4.03. The van der Waals surface area contributed by atoms with Crippen LogP contribution in [-0.2, 0) is 6.18 Å². The monoisotopic (exact) mass is 350 g/mol. The number of para-hydroxylation sites is 2. The number of nitrogens with one attached hydrogen (secondary N) is 2. The van der Waals surface area contributed by atoms with Crippen LogP contribution in [-0.4, -0.2) is 10.9 Å². The van der Waals surface area contributed by atoms with E-state index in [-0.39, 0.29) is 10.9 Å². The first-order chi connectivity index (χ1) is 11.8. The summed E-state index contributed by atoms with van der Waals surface area (Å²) in [5.41, 5.74) is -2.80. The number of rotatable bonds is 2. The van der Waals surface area contributed by atoms with Gasteiger partial charge in [0.25, 0.3) is 5.91 Å². The van der Waals surface area contributed by atoms with Gasteiger partial charge in [-0.05, 0) is 24.3 Å². The van der Waals surface area contributed by atoms with Crippen molar-refractivity contribution in [3.63, 3.8) is 0 Å². The lowest BCUT2D eigenvalue weighted by Gasteiger charge is -2.13. The lowest BCUT2D eigenvalue weighted by atomic mass is 10.1. The van der Waals surface area contributed by atoms with E-state index in [1.165, 1.54) is 24.3 Å². The third-order valence-electron chi connectivity index (χ3n) is 3.59. The maximum atomic E-state index is 13.6. The molecule has 0 spiro atoms. The first-order valence-electron chi connectivity index (χ1n) is 7.06. The van der Waals surface area contributed by atoms with Crippen molar-refractivity contribution in [1.29, 1.82) is 0 Å². The second-order valence-electron chi connectivity index (χ2n) is 5.19. The maximum absolute atomic E-state index is 13.6. The van der Waals surface area contributed by atoms with Crippen LogP contribution in [0.3, 0.4) is 0 Å².